The number of thiophene rings is 1. The van der Waals surface area contributed by atoms with Gasteiger partial charge in [-0.15, -0.1) is 11.3 Å². The number of nitrogens with one attached hydrogen (secondary N) is 1. The predicted octanol–water partition coefficient (Wildman–Crippen LogP) is 3.27. The lowest BCUT2D eigenvalue weighted by Crippen LogP contribution is -2.44. The van der Waals surface area contributed by atoms with Crippen LogP contribution in [0, 0.1) is 0 Å². The van der Waals surface area contributed by atoms with Crippen LogP contribution in [0.3, 0.4) is 0 Å². The normalized spacial score (nSPS) is 19.7. The van der Waals surface area contributed by atoms with Crippen LogP contribution in [0.2, 0.25) is 0 Å². The molecule has 4 heteroatoms. The number of morpholine rings is 1. The highest BCUT2D eigenvalue weighted by atomic mass is 32.1. The fourth-order valence-electron chi connectivity index (χ4n) is 2.95. The number of hydrogen-bond donors (Lipinski definition) is 1. The number of benzene rings is 1. The number of rotatable bonds is 5. The largest absolute Gasteiger partial charge is 0.379 e. The molecular weight excluding hydrogens is 280 g/mol. The molecule has 2 unspecified atom stereocenters. The minimum absolute atomic E-state index is 0.401. The monoisotopic (exact) mass is 304 g/mol. The average molecular weight is 304 g/mol. The van der Waals surface area contributed by atoms with Crippen LogP contribution in [0.4, 0.5) is 0 Å². The van der Waals surface area contributed by atoms with Crippen LogP contribution in [0.5, 0.6) is 0 Å². The topological polar surface area (TPSA) is 24.5 Å². The molecule has 1 aromatic heterocycles. The molecule has 1 aliphatic rings. The Bertz CT molecular complexity index is 544. The van der Waals surface area contributed by atoms with E-state index in [2.05, 4.69) is 54.4 Å². The van der Waals surface area contributed by atoms with Crippen LogP contribution < -0.4 is 5.32 Å². The fraction of sp³-hybridized carbons (Fsp3) is 0.529. The van der Waals surface area contributed by atoms with Gasteiger partial charge in [-0.05, 0) is 31.4 Å². The minimum atomic E-state index is 0.401. The predicted molar refractivity (Wildman–Crippen MR) is 90.1 cm³/mol. The van der Waals surface area contributed by atoms with Crippen molar-refractivity contribution in [2.45, 2.75) is 25.9 Å². The molecule has 0 bridgehead atoms. The quantitative estimate of drug-likeness (QED) is 0.917. The van der Waals surface area contributed by atoms with Crippen molar-refractivity contribution in [2.75, 3.05) is 32.8 Å². The highest BCUT2D eigenvalue weighted by molar-refractivity contribution is 7.19. The summed E-state index contributed by atoms with van der Waals surface area (Å²) in [5, 5.41) is 5.09. The van der Waals surface area contributed by atoms with Gasteiger partial charge in [-0.2, -0.15) is 0 Å². The Balaban J connectivity index is 1.58. The Kier molecular flexibility index (Phi) is 4.91. The lowest BCUT2D eigenvalue weighted by Gasteiger charge is -2.30. The first-order valence-corrected chi connectivity index (χ1v) is 8.58. The molecule has 114 valence electrons. The van der Waals surface area contributed by atoms with Crippen molar-refractivity contribution in [3.05, 3.63) is 35.2 Å². The number of hydrogen-bond acceptors (Lipinski definition) is 4. The summed E-state index contributed by atoms with van der Waals surface area (Å²) < 4.78 is 6.78. The first-order valence-electron chi connectivity index (χ1n) is 7.77. The second-order valence-corrected chi connectivity index (χ2v) is 7.00. The van der Waals surface area contributed by atoms with Gasteiger partial charge in [0.15, 0.2) is 0 Å². The van der Waals surface area contributed by atoms with Crippen LogP contribution in [0.15, 0.2) is 30.3 Å². The first-order chi connectivity index (χ1) is 10.2. The number of nitrogens with zero attached hydrogens (tertiary/aromatic N) is 1. The van der Waals surface area contributed by atoms with Crippen LogP contribution in [0.25, 0.3) is 10.1 Å². The third-order valence-electron chi connectivity index (χ3n) is 4.04. The van der Waals surface area contributed by atoms with Crippen molar-refractivity contribution in [2.24, 2.45) is 0 Å². The average Bonchev–Trinajstić information content (AvgIpc) is 2.92. The van der Waals surface area contributed by atoms with Gasteiger partial charge in [0.1, 0.15) is 0 Å². The molecule has 1 aliphatic heterocycles. The lowest BCUT2D eigenvalue weighted by molar-refractivity contribution is 0.0339. The van der Waals surface area contributed by atoms with Crippen molar-refractivity contribution in [3.8, 4) is 0 Å². The van der Waals surface area contributed by atoms with Crippen molar-refractivity contribution in [3.63, 3.8) is 0 Å². The minimum Gasteiger partial charge on any atom is -0.379 e. The van der Waals surface area contributed by atoms with Crippen molar-refractivity contribution in [1.82, 2.24) is 10.2 Å². The summed E-state index contributed by atoms with van der Waals surface area (Å²) in [5.41, 5.74) is 0. The highest BCUT2D eigenvalue weighted by Gasteiger charge is 2.16. The van der Waals surface area contributed by atoms with Gasteiger partial charge >= 0.3 is 0 Å². The molecule has 0 spiro atoms. The second-order valence-electron chi connectivity index (χ2n) is 5.89. The van der Waals surface area contributed by atoms with E-state index in [4.69, 9.17) is 4.74 Å². The number of ether oxygens (including phenoxy) is 1. The molecule has 3 nitrogen and oxygen atoms in total. The first kappa shape index (κ1) is 15.0. The van der Waals surface area contributed by atoms with E-state index in [1.807, 2.05) is 11.3 Å². The molecule has 0 amide bonds. The van der Waals surface area contributed by atoms with E-state index in [-0.39, 0.29) is 0 Å². The third kappa shape index (κ3) is 3.83. The van der Waals surface area contributed by atoms with Crippen molar-refractivity contribution in [1.29, 1.82) is 0 Å². The molecule has 1 saturated heterocycles. The van der Waals surface area contributed by atoms with Crippen LogP contribution in [-0.2, 0) is 4.74 Å². The van der Waals surface area contributed by atoms with E-state index in [0.29, 0.717) is 12.1 Å². The Morgan fingerprint density at radius 3 is 2.76 bits per heavy atom. The summed E-state index contributed by atoms with van der Waals surface area (Å²) in [6, 6.07) is 11.8. The van der Waals surface area contributed by atoms with E-state index < -0.39 is 0 Å². The van der Waals surface area contributed by atoms with Crippen molar-refractivity contribution < 1.29 is 4.74 Å². The zero-order valence-corrected chi connectivity index (χ0v) is 13.7. The van der Waals surface area contributed by atoms with E-state index in [9.17, 15) is 0 Å². The molecule has 1 aromatic carbocycles. The van der Waals surface area contributed by atoms with E-state index in [0.717, 1.165) is 32.8 Å². The van der Waals surface area contributed by atoms with Crippen LogP contribution in [-0.4, -0.2) is 43.8 Å². The SMILES string of the molecule is CC(CN1CCOCC1)NC(C)c1cc2ccccc2s1. The Morgan fingerprint density at radius 1 is 1.24 bits per heavy atom. The second kappa shape index (κ2) is 6.88. The van der Waals surface area contributed by atoms with Gasteiger partial charge in [0, 0.05) is 41.3 Å². The molecule has 0 aliphatic carbocycles. The molecule has 0 saturated carbocycles. The summed E-state index contributed by atoms with van der Waals surface area (Å²) in [7, 11) is 0. The zero-order valence-electron chi connectivity index (χ0n) is 12.8. The van der Waals surface area contributed by atoms with Crippen LogP contribution in [0.1, 0.15) is 24.8 Å². The lowest BCUT2D eigenvalue weighted by atomic mass is 10.2. The zero-order chi connectivity index (χ0) is 14.7. The Hall–Kier alpha value is -0.940. The molecule has 2 aromatic rings. The van der Waals surface area contributed by atoms with Gasteiger partial charge in [-0.1, -0.05) is 18.2 Å². The summed E-state index contributed by atoms with van der Waals surface area (Å²) in [4.78, 5) is 3.91. The summed E-state index contributed by atoms with van der Waals surface area (Å²) in [5.74, 6) is 0. The molecule has 21 heavy (non-hydrogen) atoms. The standard InChI is InChI=1S/C17H24N2OS/c1-13(12-19-7-9-20-10-8-19)18-14(2)17-11-15-5-3-4-6-16(15)21-17/h3-6,11,13-14,18H,7-10,12H2,1-2H3. The van der Waals surface area contributed by atoms with Gasteiger partial charge < -0.3 is 10.1 Å². The van der Waals surface area contributed by atoms with Gasteiger partial charge in [0.2, 0.25) is 0 Å². The Labute approximate surface area is 130 Å². The van der Waals surface area contributed by atoms with Gasteiger partial charge in [0.25, 0.3) is 0 Å². The molecule has 1 fully saturated rings. The van der Waals surface area contributed by atoms with Crippen LogP contribution >= 0.6 is 11.3 Å². The van der Waals surface area contributed by atoms with E-state index in [1.54, 1.807) is 0 Å². The maximum Gasteiger partial charge on any atom is 0.0594 e. The fourth-order valence-corrected chi connectivity index (χ4v) is 4.02. The van der Waals surface area contributed by atoms with Gasteiger partial charge in [-0.25, -0.2) is 0 Å². The summed E-state index contributed by atoms with van der Waals surface area (Å²) in [6.45, 7) is 9.50. The molecule has 0 radical (unpaired) electrons. The van der Waals surface area contributed by atoms with Gasteiger partial charge in [-0.3, -0.25) is 4.90 Å². The Morgan fingerprint density at radius 2 is 2.00 bits per heavy atom. The highest BCUT2D eigenvalue weighted by Crippen LogP contribution is 2.29. The smallest absolute Gasteiger partial charge is 0.0594 e. The molecule has 2 heterocycles. The number of fused-ring (bicyclic) bond motifs is 1. The maximum absolute atomic E-state index is 5.40. The molecular formula is C17H24N2OS. The molecule has 2 atom stereocenters. The molecule has 1 N–H and O–H groups in total. The maximum atomic E-state index is 5.40. The van der Waals surface area contributed by atoms with Crippen molar-refractivity contribution >= 4 is 21.4 Å². The molecule has 3 rings (SSSR count). The van der Waals surface area contributed by atoms with E-state index in [1.165, 1.54) is 15.0 Å². The third-order valence-corrected chi connectivity index (χ3v) is 5.34. The van der Waals surface area contributed by atoms with E-state index >= 15 is 0 Å². The van der Waals surface area contributed by atoms with Gasteiger partial charge in [0.05, 0.1) is 13.2 Å². The summed E-state index contributed by atoms with van der Waals surface area (Å²) >= 11 is 1.90. The summed E-state index contributed by atoms with van der Waals surface area (Å²) in [6.07, 6.45) is 0.